The van der Waals surface area contributed by atoms with Crippen LogP contribution in [0.2, 0.25) is 11.5 Å². The maximum Gasteiger partial charge on any atom is 0 e. The molecule has 0 bridgehead atoms. The molecule has 0 aliphatic heterocycles. The molecule has 0 fully saturated rings. The molecule has 169 valence electrons. The van der Waals surface area contributed by atoms with Gasteiger partial charge in [-0.05, 0) is 19.3 Å². The maximum atomic E-state index is 11.3. The fourth-order valence-electron chi connectivity index (χ4n) is 0.815. The maximum absolute atomic E-state index is 11.3. The SMILES string of the molecule is CCCCO.CCCCO.CCCCO.[C-]1=CC=CC1.[CH3][Ge]([CH3])[C](F)(F)F.[Zr]. The summed E-state index contributed by atoms with van der Waals surface area (Å²) in [7, 11) is 0. The van der Waals surface area contributed by atoms with Crippen LogP contribution in [0.15, 0.2) is 18.2 Å². The molecule has 3 nitrogen and oxygen atoms in total. The van der Waals surface area contributed by atoms with Gasteiger partial charge in [-0.15, -0.1) is 6.42 Å². The zero-order valence-corrected chi connectivity index (χ0v) is 22.8. The molecule has 1 radical (unpaired) electrons. The minimum Gasteiger partial charge on any atom is 0 e. The van der Waals surface area contributed by atoms with Crippen LogP contribution in [0.5, 0.6) is 0 Å². The summed E-state index contributed by atoms with van der Waals surface area (Å²) in [6, 6.07) is 0. The molecule has 0 saturated heterocycles. The predicted octanol–water partition coefficient (Wildman–Crippen LogP) is 5.48. The Balaban J connectivity index is -0.0000000786. The van der Waals surface area contributed by atoms with Gasteiger partial charge in [-0.3, -0.25) is 6.08 Å². The average molecular weight is 550 g/mol. The predicted molar refractivity (Wildman–Crippen MR) is 111 cm³/mol. The van der Waals surface area contributed by atoms with E-state index in [2.05, 4.69) is 32.9 Å². The standard InChI is InChI=1S/C5H5.3C4H10O.C3H6F3Ge.Zr/c1-2-4-5-3-1;3*1-2-3-4-5;1-7(2)3(4,5)6;/h1-3H,4H2;3*5H,2-4H2,1H3;1-2H3;/q-1;;;;;. The molecule has 0 heterocycles. The zero-order valence-electron chi connectivity index (χ0n) is 18.3. The summed E-state index contributed by atoms with van der Waals surface area (Å²) in [5.41, 5.74) is 0. The van der Waals surface area contributed by atoms with Crippen molar-refractivity contribution in [3.05, 3.63) is 24.3 Å². The summed E-state index contributed by atoms with van der Waals surface area (Å²) in [6.07, 6.45) is 16.1. The van der Waals surface area contributed by atoms with Crippen molar-refractivity contribution in [2.45, 2.75) is 82.2 Å². The van der Waals surface area contributed by atoms with Crippen LogP contribution in [0.25, 0.3) is 0 Å². The Morgan fingerprint density at radius 1 is 0.857 bits per heavy atom. The molecule has 0 aromatic heterocycles. The summed E-state index contributed by atoms with van der Waals surface area (Å²) in [5.74, 6) is 2.58. The van der Waals surface area contributed by atoms with Gasteiger partial charge in [-0.2, -0.15) is 6.08 Å². The molecular formula is C20H41F3GeO3Zr-. The number of allylic oxidation sites excluding steroid dienone is 4. The zero-order chi connectivity index (χ0) is 22.0. The molecule has 0 aromatic carbocycles. The molecule has 1 rings (SSSR count). The van der Waals surface area contributed by atoms with E-state index in [1.54, 1.807) is 0 Å². The van der Waals surface area contributed by atoms with Crippen molar-refractivity contribution < 1.29 is 54.7 Å². The number of rotatable bonds is 6. The summed E-state index contributed by atoms with van der Waals surface area (Å²) in [5, 5.41) is 20.4. The van der Waals surface area contributed by atoms with Gasteiger partial charge < -0.3 is 15.3 Å². The molecule has 8 heteroatoms. The molecule has 0 amide bonds. The number of halogens is 3. The summed E-state index contributed by atoms with van der Waals surface area (Å²) in [6.45, 7) is 7.19. The molecule has 0 spiro atoms. The fourth-order valence-corrected chi connectivity index (χ4v) is 0.815. The molecule has 1 aliphatic carbocycles. The first-order valence-corrected chi connectivity index (χ1v) is 14.8. The van der Waals surface area contributed by atoms with Crippen molar-refractivity contribution in [3.8, 4) is 0 Å². The second-order valence-electron chi connectivity index (χ2n) is 5.73. The van der Waals surface area contributed by atoms with E-state index in [0.717, 1.165) is 44.9 Å². The van der Waals surface area contributed by atoms with E-state index in [9.17, 15) is 13.2 Å². The van der Waals surface area contributed by atoms with E-state index in [4.69, 9.17) is 15.3 Å². The Morgan fingerprint density at radius 2 is 1.18 bits per heavy atom. The first kappa shape index (κ1) is 39.1. The minimum atomic E-state index is -3.83. The van der Waals surface area contributed by atoms with E-state index in [-0.39, 0.29) is 26.2 Å². The molecular weight excluding hydrogens is 509 g/mol. The quantitative estimate of drug-likeness (QED) is 0.303. The Labute approximate surface area is 194 Å². The Hall–Kier alpha value is 0.576. The van der Waals surface area contributed by atoms with Crippen molar-refractivity contribution in [1.82, 2.24) is 0 Å². The smallest absolute Gasteiger partial charge is 0 e. The number of aliphatic hydroxyl groups excluding tert-OH is 3. The third-order valence-corrected chi connectivity index (χ3v) is 5.07. The van der Waals surface area contributed by atoms with Crippen molar-refractivity contribution in [2.24, 2.45) is 0 Å². The molecule has 3 N–H and O–H groups in total. The minimum absolute atomic E-state index is 0. The van der Waals surface area contributed by atoms with E-state index in [0.29, 0.717) is 19.8 Å². The molecule has 0 unspecified atom stereocenters. The Morgan fingerprint density at radius 3 is 1.21 bits per heavy atom. The van der Waals surface area contributed by atoms with Crippen LogP contribution >= 0.6 is 0 Å². The number of alkyl halides is 3. The van der Waals surface area contributed by atoms with Gasteiger partial charge in [-0.25, -0.2) is 12.2 Å². The summed E-state index contributed by atoms with van der Waals surface area (Å²) >= 11 is -2.59. The second kappa shape index (κ2) is 35.0. The first-order valence-electron chi connectivity index (χ1n) is 9.60. The monoisotopic (exact) mass is 550 g/mol. The van der Waals surface area contributed by atoms with Crippen LogP contribution in [0.4, 0.5) is 13.2 Å². The largest absolute Gasteiger partial charge is 0 e. The van der Waals surface area contributed by atoms with Gasteiger partial charge in [0.05, 0.1) is 0 Å². The van der Waals surface area contributed by atoms with Crippen molar-refractivity contribution in [3.63, 3.8) is 0 Å². The van der Waals surface area contributed by atoms with Gasteiger partial charge in [0.2, 0.25) is 0 Å². The molecule has 0 aromatic rings. The van der Waals surface area contributed by atoms with E-state index in [1.807, 2.05) is 12.2 Å². The number of aliphatic hydroxyl groups is 3. The van der Waals surface area contributed by atoms with E-state index >= 15 is 0 Å². The molecule has 28 heavy (non-hydrogen) atoms. The van der Waals surface area contributed by atoms with Gasteiger partial charge in [0.15, 0.2) is 0 Å². The first-order chi connectivity index (χ1) is 12.7. The number of hydrogen-bond donors (Lipinski definition) is 3. The summed E-state index contributed by atoms with van der Waals surface area (Å²) in [4.78, 5) is 0. The molecule has 1 aliphatic rings. The van der Waals surface area contributed by atoms with Gasteiger partial charge >= 0.3 is 44.0 Å². The molecule has 0 atom stereocenters. The average Bonchev–Trinajstić information content (AvgIpc) is 3.18. The third kappa shape index (κ3) is 56.3. The van der Waals surface area contributed by atoms with Crippen LogP contribution in [0.3, 0.4) is 0 Å². The van der Waals surface area contributed by atoms with Crippen molar-refractivity contribution in [1.29, 1.82) is 0 Å². The summed E-state index contributed by atoms with van der Waals surface area (Å²) < 4.78 is 33.8. The van der Waals surface area contributed by atoms with Crippen LogP contribution in [-0.2, 0) is 26.2 Å². The van der Waals surface area contributed by atoms with Gasteiger partial charge in [0.1, 0.15) is 0 Å². The Bertz CT molecular complexity index is 271. The second-order valence-corrected chi connectivity index (χ2v) is 11.1. The van der Waals surface area contributed by atoms with Gasteiger partial charge in [0.25, 0.3) is 0 Å². The topological polar surface area (TPSA) is 60.7 Å². The van der Waals surface area contributed by atoms with Gasteiger partial charge in [0, 0.05) is 46.0 Å². The van der Waals surface area contributed by atoms with Crippen LogP contribution in [0.1, 0.15) is 65.7 Å². The van der Waals surface area contributed by atoms with Gasteiger partial charge in [-0.1, -0.05) is 40.0 Å². The van der Waals surface area contributed by atoms with Crippen LogP contribution < -0.4 is 0 Å². The Kier molecular flexibility index (Phi) is 48.9. The normalized spacial score (nSPS) is 10.9. The number of unbranched alkanes of at least 4 members (excludes halogenated alkanes) is 3. The van der Waals surface area contributed by atoms with Crippen molar-refractivity contribution in [2.75, 3.05) is 19.8 Å². The fraction of sp³-hybridized carbons (Fsp3) is 0.800. The van der Waals surface area contributed by atoms with Crippen LogP contribution in [0, 0.1) is 6.08 Å². The third-order valence-electron chi connectivity index (χ3n) is 2.69. The van der Waals surface area contributed by atoms with Crippen LogP contribution in [-0.4, -0.2) is 54.5 Å². The van der Waals surface area contributed by atoms with E-state index in [1.165, 1.54) is 11.5 Å². The van der Waals surface area contributed by atoms with Crippen molar-refractivity contribution >= 4 is 14.3 Å². The number of hydrogen-bond acceptors (Lipinski definition) is 3. The molecule has 0 saturated carbocycles. The van der Waals surface area contributed by atoms with E-state index < -0.39 is 19.4 Å².